The third-order valence-electron chi connectivity index (χ3n) is 3.43. The number of benzene rings is 1. The summed E-state index contributed by atoms with van der Waals surface area (Å²) in [6.07, 6.45) is 0.978. The highest BCUT2D eigenvalue weighted by Gasteiger charge is 2.20. The van der Waals surface area contributed by atoms with E-state index in [0.29, 0.717) is 15.8 Å². The Bertz CT molecular complexity index is 644. The average molecular weight is 326 g/mol. The lowest BCUT2D eigenvalue weighted by atomic mass is 10.0. The molecule has 1 aliphatic rings. The SMILES string of the molecule is CC(C)Oc1c(Cl)cc(-c2n[nH]c3c2CNCC3)cc1Cl. The fourth-order valence-corrected chi connectivity index (χ4v) is 3.09. The third kappa shape index (κ3) is 2.89. The normalized spacial score (nSPS) is 14.3. The number of nitrogens with zero attached hydrogens (tertiary/aromatic N) is 1. The lowest BCUT2D eigenvalue weighted by Crippen LogP contribution is -2.23. The molecule has 0 atom stereocenters. The summed E-state index contributed by atoms with van der Waals surface area (Å²) in [5.74, 6) is 0.527. The molecule has 2 aromatic rings. The van der Waals surface area contributed by atoms with Crippen molar-refractivity contribution in [2.75, 3.05) is 6.54 Å². The van der Waals surface area contributed by atoms with Gasteiger partial charge in [0.1, 0.15) is 0 Å². The summed E-state index contributed by atoms with van der Waals surface area (Å²) in [4.78, 5) is 0. The molecule has 4 nitrogen and oxygen atoms in total. The molecule has 112 valence electrons. The minimum absolute atomic E-state index is 0.0215. The molecule has 0 saturated carbocycles. The van der Waals surface area contributed by atoms with E-state index < -0.39 is 0 Å². The molecular formula is C15H17Cl2N3O. The van der Waals surface area contributed by atoms with Gasteiger partial charge in [-0.25, -0.2) is 0 Å². The van der Waals surface area contributed by atoms with Crippen molar-refractivity contribution in [3.8, 4) is 17.0 Å². The quantitative estimate of drug-likeness (QED) is 0.902. The highest BCUT2D eigenvalue weighted by atomic mass is 35.5. The van der Waals surface area contributed by atoms with Crippen molar-refractivity contribution in [3.63, 3.8) is 0 Å². The van der Waals surface area contributed by atoms with Crippen LogP contribution in [0.5, 0.6) is 5.75 Å². The molecule has 1 aromatic heterocycles. The van der Waals surface area contributed by atoms with E-state index in [1.807, 2.05) is 26.0 Å². The molecule has 0 unspecified atom stereocenters. The smallest absolute Gasteiger partial charge is 0.156 e. The Morgan fingerprint density at radius 3 is 2.62 bits per heavy atom. The van der Waals surface area contributed by atoms with Crippen LogP contribution in [0.1, 0.15) is 25.1 Å². The second-order valence-corrected chi connectivity index (χ2v) is 6.21. The van der Waals surface area contributed by atoms with Gasteiger partial charge in [-0.05, 0) is 26.0 Å². The number of rotatable bonds is 3. The monoisotopic (exact) mass is 325 g/mol. The van der Waals surface area contributed by atoms with Gasteiger partial charge in [0.25, 0.3) is 0 Å². The van der Waals surface area contributed by atoms with Crippen LogP contribution in [0, 0.1) is 0 Å². The van der Waals surface area contributed by atoms with Crippen LogP contribution >= 0.6 is 23.2 Å². The molecule has 2 heterocycles. The predicted molar refractivity (Wildman–Crippen MR) is 85.2 cm³/mol. The average Bonchev–Trinajstić information content (AvgIpc) is 2.86. The topological polar surface area (TPSA) is 49.9 Å². The lowest BCUT2D eigenvalue weighted by molar-refractivity contribution is 0.243. The number of fused-ring (bicyclic) bond motifs is 1. The standard InChI is InChI=1S/C15H17Cl2N3O/c1-8(2)21-15-11(16)5-9(6-12(15)17)14-10-7-18-4-3-13(10)19-20-14/h5-6,8,18H,3-4,7H2,1-2H3,(H,19,20). The van der Waals surface area contributed by atoms with E-state index in [1.165, 1.54) is 11.3 Å². The Morgan fingerprint density at radius 1 is 1.24 bits per heavy atom. The maximum Gasteiger partial charge on any atom is 0.156 e. The highest BCUT2D eigenvalue weighted by molar-refractivity contribution is 6.37. The predicted octanol–water partition coefficient (Wildman–Crippen LogP) is 3.82. The number of hydrogen-bond acceptors (Lipinski definition) is 3. The molecule has 0 amide bonds. The van der Waals surface area contributed by atoms with Crippen molar-refractivity contribution in [2.45, 2.75) is 32.9 Å². The number of hydrogen-bond donors (Lipinski definition) is 2. The van der Waals surface area contributed by atoms with Crippen LogP contribution in [0.3, 0.4) is 0 Å². The van der Waals surface area contributed by atoms with Gasteiger partial charge in [-0.3, -0.25) is 5.10 Å². The zero-order valence-corrected chi connectivity index (χ0v) is 13.5. The van der Waals surface area contributed by atoms with Crippen molar-refractivity contribution in [1.29, 1.82) is 0 Å². The Labute approximate surface area is 133 Å². The molecule has 21 heavy (non-hydrogen) atoms. The molecule has 1 aromatic carbocycles. The van der Waals surface area contributed by atoms with E-state index in [4.69, 9.17) is 27.9 Å². The van der Waals surface area contributed by atoms with E-state index in [2.05, 4.69) is 15.5 Å². The molecule has 1 aliphatic heterocycles. The van der Waals surface area contributed by atoms with Gasteiger partial charge in [0.2, 0.25) is 0 Å². The fourth-order valence-electron chi connectivity index (χ4n) is 2.51. The summed E-state index contributed by atoms with van der Waals surface area (Å²) >= 11 is 12.6. The van der Waals surface area contributed by atoms with Gasteiger partial charge in [-0.1, -0.05) is 23.2 Å². The number of halogens is 2. The van der Waals surface area contributed by atoms with E-state index in [0.717, 1.165) is 30.8 Å². The first kappa shape index (κ1) is 14.7. The first-order chi connectivity index (χ1) is 10.1. The third-order valence-corrected chi connectivity index (χ3v) is 3.99. The number of H-pyrrole nitrogens is 1. The van der Waals surface area contributed by atoms with Gasteiger partial charge in [-0.2, -0.15) is 5.10 Å². The second kappa shape index (κ2) is 5.87. The van der Waals surface area contributed by atoms with Crippen LogP contribution in [-0.2, 0) is 13.0 Å². The number of aromatic amines is 1. The molecule has 0 aliphatic carbocycles. The summed E-state index contributed by atoms with van der Waals surface area (Å²) in [5, 5.41) is 11.9. The van der Waals surface area contributed by atoms with Gasteiger partial charge >= 0.3 is 0 Å². The van der Waals surface area contributed by atoms with Crippen LogP contribution in [0.25, 0.3) is 11.3 Å². The Kier molecular flexibility index (Phi) is 4.11. The van der Waals surface area contributed by atoms with Crippen molar-refractivity contribution in [1.82, 2.24) is 15.5 Å². The van der Waals surface area contributed by atoms with E-state index in [-0.39, 0.29) is 6.10 Å². The summed E-state index contributed by atoms with van der Waals surface area (Å²) in [7, 11) is 0. The summed E-state index contributed by atoms with van der Waals surface area (Å²) in [6.45, 7) is 5.66. The van der Waals surface area contributed by atoms with Crippen LogP contribution in [-0.4, -0.2) is 22.8 Å². The van der Waals surface area contributed by atoms with Crippen molar-refractivity contribution in [2.24, 2.45) is 0 Å². The second-order valence-electron chi connectivity index (χ2n) is 5.39. The zero-order chi connectivity index (χ0) is 15.0. The van der Waals surface area contributed by atoms with Gasteiger partial charge < -0.3 is 10.1 Å². The highest BCUT2D eigenvalue weighted by Crippen LogP contribution is 2.39. The first-order valence-corrected chi connectivity index (χ1v) is 7.74. The van der Waals surface area contributed by atoms with Gasteiger partial charge in [-0.15, -0.1) is 0 Å². The largest absolute Gasteiger partial charge is 0.488 e. The van der Waals surface area contributed by atoms with Crippen molar-refractivity contribution < 1.29 is 4.74 Å². The van der Waals surface area contributed by atoms with Crippen LogP contribution in [0.15, 0.2) is 12.1 Å². The van der Waals surface area contributed by atoms with E-state index in [1.54, 1.807) is 0 Å². The van der Waals surface area contributed by atoms with Gasteiger partial charge in [0.15, 0.2) is 5.75 Å². The Hall–Kier alpha value is -1.23. The number of aromatic nitrogens is 2. The molecule has 0 radical (unpaired) electrons. The summed E-state index contributed by atoms with van der Waals surface area (Å²) in [6, 6.07) is 3.71. The lowest BCUT2D eigenvalue weighted by Gasteiger charge is -2.15. The van der Waals surface area contributed by atoms with Crippen molar-refractivity contribution in [3.05, 3.63) is 33.4 Å². The maximum absolute atomic E-state index is 6.32. The number of nitrogens with one attached hydrogen (secondary N) is 2. The van der Waals surface area contributed by atoms with E-state index >= 15 is 0 Å². The molecule has 3 rings (SSSR count). The molecule has 2 N–H and O–H groups in total. The Balaban J connectivity index is 2.02. The van der Waals surface area contributed by atoms with Crippen LogP contribution in [0.2, 0.25) is 10.0 Å². The Morgan fingerprint density at radius 2 is 1.95 bits per heavy atom. The minimum atomic E-state index is 0.0215. The van der Waals surface area contributed by atoms with Crippen molar-refractivity contribution >= 4 is 23.2 Å². The minimum Gasteiger partial charge on any atom is -0.488 e. The molecular weight excluding hydrogens is 309 g/mol. The molecule has 0 bridgehead atoms. The fraction of sp³-hybridized carbons (Fsp3) is 0.400. The molecule has 6 heteroatoms. The van der Waals surface area contributed by atoms with Gasteiger partial charge in [0, 0.05) is 36.3 Å². The van der Waals surface area contributed by atoms with Gasteiger partial charge in [0.05, 0.1) is 21.8 Å². The molecule has 0 saturated heterocycles. The van der Waals surface area contributed by atoms with Crippen LogP contribution in [0.4, 0.5) is 0 Å². The zero-order valence-electron chi connectivity index (χ0n) is 12.0. The molecule has 0 fully saturated rings. The van der Waals surface area contributed by atoms with E-state index in [9.17, 15) is 0 Å². The first-order valence-electron chi connectivity index (χ1n) is 6.99. The summed E-state index contributed by atoms with van der Waals surface area (Å²) in [5.41, 5.74) is 4.17. The molecule has 0 spiro atoms. The van der Waals surface area contributed by atoms with Crippen LogP contribution < -0.4 is 10.1 Å². The number of ether oxygens (including phenoxy) is 1. The summed E-state index contributed by atoms with van der Waals surface area (Å²) < 4.78 is 5.66. The maximum atomic E-state index is 6.32.